The zero-order valence-electron chi connectivity index (χ0n) is 11.3. The first-order valence-corrected chi connectivity index (χ1v) is 6.97. The van der Waals surface area contributed by atoms with Crippen LogP contribution in [-0.4, -0.2) is 0 Å². The van der Waals surface area contributed by atoms with Crippen LogP contribution in [0.3, 0.4) is 0 Å². The van der Waals surface area contributed by atoms with E-state index in [1.165, 1.54) is 51.4 Å². The Morgan fingerprint density at radius 1 is 0.933 bits per heavy atom. The molecule has 0 saturated heterocycles. The lowest BCUT2D eigenvalue weighted by molar-refractivity contribution is 0.265. The first-order chi connectivity index (χ1) is 6.97. The second-order valence-corrected chi connectivity index (χ2v) is 6.93. The van der Waals surface area contributed by atoms with Gasteiger partial charge in [-0.05, 0) is 23.7 Å². The van der Waals surface area contributed by atoms with E-state index in [2.05, 4.69) is 27.7 Å². The van der Waals surface area contributed by atoms with Gasteiger partial charge in [-0.1, -0.05) is 72.6 Å². The van der Waals surface area contributed by atoms with Gasteiger partial charge in [-0.2, -0.15) is 0 Å². The molecule has 1 aliphatic rings. The molecule has 0 atom stereocenters. The van der Waals surface area contributed by atoms with Crippen molar-refractivity contribution in [3.05, 3.63) is 0 Å². The van der Waals surface area contributed by atoms with Crippen LogP contribution in [0.25, 0.3) is 0 Å². The lowest BCUT2D eigenvalue weighted by Crippen LogP contribution is -2.12. The van der Waals surface area contributed by atoms with E-state index in [0.29, 0.717) is 5.41 Å². The lowest BCUT2D eigenvalue weighted by Gasteiger charge is -2.26. The molecule has 0 aliphatic heterocycles. The predicted molar refractivity (Wildman–Crippen MR) is 69.0 cm³/mol. The van der Waals surface area contributed by atoms with E-state index in [4.69, 9.17) is 0 Å². The van der Waals surface area contributed by atoms with Crippen LogP contribution < -0.4 is 0 Å². The molecule has 0 radical (unpaired) electrons. The van der Waals surface area contributed by atoms with Gasteiger partial charge in [-0.25, -0.2) is 0 Å². The van der Waals surface area contributed by atoms with Crippen LogP contribution >= 0.6 is 0 Å². The molecule has 0 nitrogen and oxygen atoms in total. The van der Waals surface area contributed by atoms with Crippen LogP contribution in [0.1, 0.15) is 79.1 Å². The first-order valence-electron chi connectivity index (χ1n) is 6.97. The maximum absolute atomic E-state index is 2.41. The van der Waals surface area contributed by atoms with Crippen molar-refractivity contribution in [1.29, 1.82) is 0 Å². The zero-order chi connectivity index (χ0) is 11.3. The molecule has 1 saturated carbocycles. The van der Waals surface area contributed by atoms with Gasteiger partial charge in [0.25, 0.3) is 0 Å². The second kappa shape index (κ2) is 5.92. The average Bonchev–Trinajstić information content (AvgIpc) is 2.14. The Morgan fingerprint density at radius 3 is 2.07 bits per heavy atom. The van der Waals surface area contributed by atoms with Crippen LogP contribution in [0, 0.1) is 17.3 Å². The summed E-state index contributed by atoms with van der Waals surface area (Å²) in [5, 5.41) is 0. The van der Waals surface area contributed by atoms with Crippen molar-refractivity contribution in [1.82, 2.24) is 0 Å². The maximum Gasteiger partial charge on any atom is -0.0383 e. The second-order valence-electron chi connectivity index (χ2n) is 6.93. The van der Waals surface area contributed by atoms with Crippen molar-refractivity contribution in [3.63, 3.8) is 0 Å². The van der Waals surface area contributed by atoms with Gasteiger partial charge in [0.2, 0.25) is 0 Å². The molecular weight excluding hydrogens is 180 g/mol. The number of hydrogen-bond acceptors (Lipinski definition) is 0. The van der Waals surface area contributed by atoms with Crippen molar-refractivity contribution in [2.45, 2.75) is 79.1 Å². The summed E-state index contributed by atoms with van der Waals surface area (Å²) in [7, 11) is 0. The zero-order valence-corrected chi connectivity index (χ0v) is 11.3. The van der Waals surface area contributed by atoms with E-state index in [0.717, 1.165) is 11.8 Å². The van der Waals surface area contributed by atoms with Crippen LogP contribution in [0.5, 0.6) is 0 Å². The molecule has 15 heavy (non-hydrogen) atoms. The Balaban J connectivity index is 2.01. The number of rotatable bonds is 4. The highest BCUT2D eigenvalue weighted by Gasteiger charge is 2.18. The molecule has 0 bridgehead atoms. The van der Waals surface area contributed by atoms with Crippen molar-refractivity contribution < 1.29 is 0 Å². The van der Waals surface area contributed by atoms with Crippen molar-refractivity contribution in [2.75, 3.05) is 0 Å². The van der Waals surface area contributed by atoms with E-state index in [9.17, 15) is 0 Å². The van der Waals surface area contributed by atoms with E-state index in [-0.39, 0.29) is 0 Å². The first kappa shape index (κ1) is 13.1. The predicted octanol–water partition coefficient (Wildman–Crippen LogP) is 5.42. The van der Waals surface area contributed by atoms with E-state index < -0.39 is 0 Å². The highest BCUT2D eigenvalue weighted by atomic mass is 14.2. The van der Waals surface area contributed by atoms with Gasteiger partial charge < -0.3 is 0 Å². The summed E-state index contributed by atoms with van der Waals surface area (Å²) in [5.74, 6) is 2.08. The fourth-order valence-corrected chi connectivity index (χ4v) is 2.71. The molecule has 90 valence electrons. The fraction of sp³-hybridized carbons (Fsp3) is 1.00. The van der Waals surface area contributed by atoms with Crippen molar-refractivity contribution >= 4 is 0 Å². The molecule has 0 spiro atoms. The molecule has 0 aromatic rings. The molecule has 1 aliphatic carbocycles. The maximum atomic E-state index is 2.41. The molecule has 0 aromatic heterocycles. The Labute approximate surface area is 96.8 Å². The molecule has 1 fully saturated rings. The standard InChI is InChI=1S/C15H30/c1-13-8-10-14(11-9-13)7-5-6-12-15(2,3)4/h13-14H,5-12H2,1-4H3. The van der Waals surface area contributed by atoms with Crippen LogP contribution in [0.2, 0.25) is 0 Å². The molecule has 0 amide bonds. The highest BCUT2D eigenvalue weighted by molar-refractivity contribution is 4.70. The Hall–Kier alpha value is 0. The molecular formula is C15H30. The summed E-state index contributed by atoms with van der Waals surface area (Å²) in [6.45, 7) is 9.48. The van der Waals surface area contributed by atoms with Gasteiger partial charge in [0.05, 0.1) is 0 Å². The summed E-state index contributed by atoms with van der Waals surface area (Å²) >= 11 is 0. The van der Waals surface area contributed by atoms with Gasteiger partial charge in [-0.3, -0.25) is 0 Å². The third-order valence-corrected chi connectivity index (χ3v) is 3.92. The number of hydrogen-bond donors (Lipinski definition) is 0. The third-order valence-electron chi connectivity index (χ3n) is 3.92. The summed E-state index contributed by atoms with van der Waals surface area (Å²) < 4.78 is 0. The van der Waals surface area contributed by atoms with E-state index in [1.807, 2.05) is 0 Å². The SMILES string of the molecule is CC1CCC(CCCCC(C)(C)C)CC1. The van der Waals surface area contributed by atoms with Gasteiger partial charge >= 0.3 is 0 Å². The minimum Gasteiger partial charge on any atom is -0.0625 e. The van der Waals surface area contributed by atoms with Crippen LogP contribution in [0.4, 0.5) is 0 Å². The molecule has 1 rings (SSSR count). The van der Waals surface area contributed by atoms with Crippen LogP contribution in [0.15, 0.2) is 0 Å². The Morgan fingerprint density at radius 2 is 1.53 bits per heavy atom. The largest absolute Gasteiger partial charge is 0.0625 e. The Bertz CT molecular complexity index is 155. The van der Waals surface area contributed by atoms with Gasteiger partial charge in [0, 0.05) is 0 Å². The minimum absolute atomic E-state index is 0.543. The topological polar surface area (TPSA) is 0 Å². The van der Waals surface area contributed by atoms with E-state index >= 15 is 0 Å². The quantitative estimate of drug-likeness (QED) is 0.544. The molecule has 0 heterocycles. The molecule has 0 aromatic carbocycles. The Kier molecular flexibility index (Phi) is 5.15. The molecule has 0 unspecified atom stereocenters. The summed E-state index contributed by atoms with van der Waals surface area (Å²) in [6, 6.07) is 0. The molecule has 0 heteroatoms. The van der Waals surface area contributed by atoms with Gasteiger partial charge in [0.15, 0.2) is 0 Å². The average molecular weight is 210 g/mol. The fourth-order valence-electron chi connectivity index (χ4n) is 2.71. The monoisotopic (exact) mass is 210 g/mol. The van der Waals surface area contributed by atoms with Crippen molar-refractivity contribution in [2.24, 2.45) is 17.3 Å². The lowest BCUT2D eigenvalue weighted by atomic mass is 9.80. The van der Waals surface area contributed by atoms with Crippen molar-refractivity contribution in [3.8, 4) is 0 Å². The van der Waals surface area contributed by atoms with Gasteiger partial charge in [0.1, 0.15) is 0 Å². The van der Waals surface area contributed by atoms with E-state index in [1.54, 1.807) is 0 Å². The highest BCUT2D eigenvalue weighted by Crippen LogP contribution is 2.32. The summed E-state index contributed by atoms with van der Waals surface area (Å²) in [5.41, 5.74) is 0.543. The smallest absolute Gasteiger partial charge is 0.0383 e. The summed E-state index contributed by atoms with van der Waals surface area (Å²) in [4.78, 5) is 0. The number of unbranched alkanes of at least 4 members (excludes halogenated alkanes) is 1. The normalized spacial score (nSPS) is 28.0. The van der Waals surface area contributed by atoms with Crippen LogP contribution in [-0.2, 0) is 0 Å². The summed E-state index contributed by atoms with van der Waals surface area (Å²) in [6.07, 6.45) is 11.8. The third kappa shape index (κ3) is 6.22. The van der Waals surface area contributed by atoms with Gasteiger partial charge in [-0.15, -0.1) is 0 Å². The minimum atomic E-state index is 0.543. The molecule has 0 N–H and O–H groups in total.